The first kappa shape index (κ1) is 12.6. The first-order valence-corrected chi connectivity index (χ1v) is 6.09. The van der Waals surface area contributed by atoms with Crippen molar-refractivity contribution in [1.82, 2.24) is 15.3 Å². The summed E-state index contributed by atoms with van der Waals surface area (Å²) in [5, 5.41) is 15.3. The Kier molecular flexibility index (Phi) is 4.31. The lowest BCUT2D eigenvalue weighted by molar-refractivity contribution is 0.384. The van der Waals surface area contributed by atoms with E-state index in [2.05, 4.69) is 20.6 Å². The largest absolute Gasteiger partial charge is 0.478 e. The molecule has 2 heterocycles. The van der Waals surface area contributed by atoms with E-state index in [-0.39, 0.29) is 5.69 Å². The third-order valence-electron chi connectivity index (χ3n) is 3.07. The number of hydrogen-bond acceptors (Lipinski definition) is 6. The molecule has 6 heteroatoms. The number of methoxy groups -OCH3 is 1. The van der Waals surface area contributed by atoms with Crippen LogP contribution in [0.1, 0.15) is 18.5 Å². The van der Waals surface area contributed by atoms with Crippen molar-refractivity contribution < 1.29 is 4.74 Å². The lowest BCUT2D eigenvalue weighted by Crippen LogP contribution is -2.31. The number of nitrogens with zero attached hydrogens (tertiary/aromatic N) is 3. The number of nitriles is 1. The van der Waals surface area contributed by atoms with Crippen LogP contribution in [0.2, 0.25) is 0 Å². The fraction of sp³-hybridized carbons (Fsp3) is 0.583. The molecular formula is C12H17N5O. The highest BCUT2D eigenvalue weighted by Crippen LogP contribution is 2.20. The predicted octanol–water partition coefficient (Wildman–Crippen LogP) is 0.768. The van der Waals surface area contributed by atoms with Gasteiger partial charge >= 0.3 is 0 Å². The Labute approximate surface area is 106 Å². The first-order valence-electron chi connectivity index (χ1n) is 6.09. The van der Waals surface area contributed by atoms with E-state index in [1.165, 1.54) is 26.1 Å². The van der Waals surface area contributed by atoms with Gasteiger partial charge in [0.15, 0.2) is 11.5 Å². The van der Waals surface area contributed by atoms with Crippen molar-refractivity contribution in [1.29, 1.82) is 5.26 Å². The normalized spacial score (nSPS) is 16.0. The van der Waals surface area contributed by atoms with E-state index in [0.717, 1.165) is 19.6 Å². The molecule has 1 aliphatic heterocycles. The van der Waals surface area contributed by atoms with E-state index in [1.54, 1.807) is 0 Å². The predicted molar refractivity (Wildman–Crippen MR) is 67.4 cm³/mol. The zero-order chi connectivity index (χ0) is 12.8. The average Bonchev–Trinajstić information content (AvgIpc) is 2.46. The van der Waals surface area contributed by atoms with Crippen molar-refractivity contribution in [2.45, 2.75) is 12.8 Å². The smallest absolute Gasteiger partial charge is 0.258 e. The van der Waals surface area contributed by atoms with Crippen LogP contribution in [0.5, 0.6) is 5.88 Å². The molecule has 1 aromatic rings. The molecule has 1 saturated heterocycles. The van der Waals surface area contributed by atoms with Gasteiger partial charge in [0.25, 0.3) is 5.88 Å². The molecule has 0 radical (unpaired) electrons. The van der Waals surface area contributed by atoms with Crippen molar-refractivity contribution in [3.8, 4) is 11.9 Å². The third kappa shape index (κ3) is 3.08. The van der Waals surface area contributed by atoms with E-state index in [1.807, 2.05) is 6.07 Å². The molecule has 1 fully saturated rings. The maximum atomic E-state index is 8.75. The molecule has 2 N–H and O–H groups in total. The molecule has 1 aromatic heterocycles. The van der Waals surface area contributed by atoms with E-state index in [0.29, 0.717) is 17.6 Å². The highest BCUT2D eigenvalue weighted by Gasteiger charge is 2.14. The Bertz CT molecular complexity index is 437. The van der Waals surface area contributed by atoms with Gasteiger partial charge in [-0.1, -0.05) is 0 Å². The summed E-state index contributed by atoms with van der Waals surface area (Å²) in [7, 11) is 1.53. The standard InChI is InChI=1S/C12H17N5O/c1-18-12-11(16-8-10(6-13)17-12)15-7-9-2-4-14-5-3-9/h8-9,14H,2-5,7H2,1H3,(H,15,16). The quantitative estimate of drug-likeness (QED) is 0.817. The van der Waals surface area contributed by atoms with Crippen LogP contribution in [-0.2, 0) is 0 Å². The van der Waals surface area contributed by atoms with Crippen LogP contribution in [0.3, 0.4) is 0 Å². The van der Waals surface area contributed by atoms with Crippen LogP contribution < -0.4 is 15.4 Å². The van der Waals surface area contributed by atoms with Crippen molar-refractivity contribution in [2.24, 2.45) is 5.92 Å². The van der Waals surface area contributed by atoms with E-state index < -0.39 is 0 Å². The van der Waals surface area contributed by atoms with Crippen LogP contribution in [0.4, 0.5) is 5.82 Å². The summed E-state index contributed by atoms with van der Waals surface area (Å²) in [5.74, 6) is 1.63. The van der Waals surface area contributed by atoms with Gasteiger partial charge < -0.3 is 15.4 Å². The summed E-state index contributed by atoms with van der Waals surface area (Å²) >= 11 is 0. The van der Waals surface area contributed by atoms with Gasteiger partial charge in [-0.25, -0.2) is 4.98 Å². The number of hydrogen-bond donors (Lipinski definition) is 2. The number of anilines is 1. The van der Waals surface area contributed by atoms with Gasteiger partial charge in [-0.2, -0.15) is 10.2 Å². The van der Waals surface area contributed by atoms with Gasteiger partial charge in [0.05, 0.1) is 13.3 Å². The molecule has 0 aromatic carbocycles. The fourth-order valence-electron chi connectivity index (χ4n) is 2.02. The van der Waals surface area contributed by atoms with E-state index >= 15 is 0 Å². The Morgan fingerprint density at radius 1 is 1.56 bits per heavy atom. The highest BCUT2D eigenvalue weighted by atomic mass is 16.5. The average molecular weight is 247 g/mol. The van der Waals surface area contributed by atoms with Crippen LogP contribution in [-0.4, -0.2) is 36.7 Å². The molecular weight excluding hydrogens is 230 g/mol. The zero-order valence-corrected chi connectivity index (χ0v) is 10.4. The monoisotopic (exact) mass is 247 g/mol. The minimum Gasteiger partial charge on any atom is -0.478 e. The van der Waals surface area contributed by atoms with Gasteiger partial charge in [-0.3, -0.25) is 0 Å². The number of rotatable bonds is 4. The molecule has 0 saturated carbocycles. The van der Waals surface area contributed by atoms with Gasteiger partial charge in [-0.05, 0) is 31.8 Å². The maximum Gasteiger partial charge on any atom is 0.258 e. The van der Waals surface area contributed by atoms with Gasteiger partial charge in [0, 0.05) is 6.54 Å². The van der Waals surface area contributed by atoms with Crippen molar-refractivity contribution >= 4 is 5.82 Å². The Balaban J connectivity index is 1.98. The molecule has 0 spiro atoms. The molecule has 1 aliphatic rings. The Hall–Kier alpha value is -1.87. The zero-order valence-electron chi connectivity index (χ0n) is 10.4. The number of piperidine rings is 1. The van der Waals surface area contributed by atoms with Crippen molar-refractivity contribution in [3.63, 3.8) is 0 Å². The highest BCUT2D eigenvalue weighted by molar-refractivity contribution is 5.46. The summed E-state index contributed by atoms with van der Waals surface area (Å²) in [5.41, 5.74) is 0.263. The number of nitrogens with one attached hydrogen (secondary N) is 2. The Morgan fingerprint density at radius 2 is 2.33 bits per heavy atom. The van der Waals surface area contributed by atoms with Gasteiger partial charge in [0.2, 0.25) is 0 Å². The SMILES string of the molecule is COc1nc(C#N)cnc1NCC1CCNCC1. The van der Waals surface area contributed by atoms with E-state index in [9.17, 15) is 0 Å². The molecule has 0 bridgehead atoms. The molecule has 0 unspecified atom stereocenters. The first-order chi connectivity index (χ1) is 8.83. The minimum atomic E-state index is 0.263. The van der Waals surface area contributed by atoms with Crippen molar-refractivity contribution in [3.05, 3.63) is 11.9 Å². The lowest BCUT2D eigenvalue weighted by Gasteiger charge is -2.23. The lowest BCUT2D eigenvalue weighted by atomic mass is 9.98. The topological polar surface area (TPSA) is 82.9 Å². The second-order valence-electron chi connectivity index (χ2n) is 4.30. The molecule has 96 valence electrons. The number of aromatic nitrogens is 2. The minimum absolute atomic E-state index is 0.263. The van der Waals surface area contributed by atoms with Crippen LogP contribution in [0.15, 0.2) is 6.20 Å². The molecule has 0 amide bonds. The summed E-state index contributed by atoms with van der Waals surface area (Å²) in [6.07, 6.45) is 3.78. The van der Waals surface area contributed by atoms with E-state index in [4.69, 9.17) is 10.00 Å². The van der Waals surface area contributed by atoms with Gasteiger partial charge in [0.1, 0.15) is 6.07 Å². The van der Waals surface area contributed by atoms with Crippen LogP contribution >= 0.6 is 0 Å². The molecule has 0 atom stereocenters. The molecule has 2 rings (SSSR count). The van der Waals surface area contributed by atoms with Crippen molar-refractivity contribution in [2.75, 3.05) is 32.1 Å². The summed E-state index contributed by atoms with van der Waals surface area (Å²) in [4.78, 5) is 8.22. The fourth-order valence-corrected chi connectivity index (χ4v) is 2.02. The summed E-state index contributed by atoms with van der Waals surface area (Å²) < 4.78 is 5.13. The third-order valence-corrected chi connectivity index (χ3v) is 3.07. The van der Waals surface area contributed by atoms with Gasteiger partial charge in [-0.15, -0.1) is 0 Å². The number of ether oxygens (including phenoxy) is 1. The second-order valence-corrected chi connectivity index (χ2v) is 4.30. The second kappa shape index (κ2) is 6.17. The van der Waals surface area contributed by atoms with Crippen LogP contribution in [0.25, 0.3) is 0 Å². The molecule has 0 aliphatic carbocycles. The van der Waals surface area contributed by atoms with Crippen LogP contribution in [0, 0.1) is 17.2 Å². The molecule has 18 heavy (non-hydrogen) atoms. The summed E-state index contributed by atoms with van der Waals surface area (Å²) in [6.45, 7) is 3.00. The summed E-state index contributed by atoms with van der Waals surface area (Å²) in [6, 6.07) is 1.94. The Morgan fingerprint density at radius 3 is 3.00 bits per heavy atom. The maximum absolute atomic E-state index is 8.75. The molecule has 6 nitrogen and oxygen atoms in total.